The molecule has 116 valence electrons. The van der Waals surface area contributed by atoms with Crippen molar-refractivity contribution < 1.29 is 9.84 Å². The highest BCUT2D eigenvalue weighted by molar-refractivity contribution is 7.10. The Balaban J connectivity index is 2.23. The number of ether oxygens (including phenoxy) is 1. The Kier molecular flexibility index (Phi) is 8.38. The van der Waals surface area contributed by atoms with E-state index in [4.69, 9.17) is 4.74 Å². The summed E-state index contributed by atoms with van der Waals surface area (Å²) >= 11 is 1.76. The molecule has 1 rings (SSSR count). The lowest BCUT2D eigenvalue weighted by Crippen LogP contribution is -2.33. The molecule has 1 heterocycles. The fourth-order valence-corrected chi connectivity index (χ4v) is 3.17. The quantitative estimate of drug-likeness (QED) is 0.693. The molecule has 0 bridgehead atoms. The molecule has 20 heavy (non-hydrogen) atoms. The lowest BCUT2D eigenvalue weighted by atomic mass is 10.1. The van der Waals surface area contributed by atoms with Crippen molar-refractivity contribution in [1.29, 1.82) is 0 Å². The van der Waals surface area contributed by atoms with Gasteiger partial charge in [-0.05, 0) is 37.1 Å². The zero-order valence-corrected chi connectivity index (χ0v) is 14.0. The number of nitrogens with one attached hydrogen (secondary N) is 1. The molecular weight excluding hydrogens is 270 g/mol. The second-order valence-electron chi connectivity index (χ2n) is 5.81. The molecule has 1 aromatic heterocycles. The summed E-state index contributed by atoms with van der Waals surface area (Å²) < 4.78 is 5.68. The van der Waals surface area contributed by atoms with Gasteiger partial charge in [-0.25, -0.2) is 0 Å². The Morgan fingerprint density at radius 2 is 2.10 bits per heavy atom. The third kappa shape index (κ3) is 6.84. The van der Waals surface area contributed by atoms with Crippen molar-refractivity contribution in [2.24, 2.45) is 5.92 Å². The molecule has 3 unspecified atom stereocenters. The van der Waals surface area contributed by atoms with Gasteiger partial charge < -0.3 is 15.2 Å². The van der Waals surface area contributed by atoms with Crippen LogP contribution < -0.4 is 5.32 Å². The number of aliphatic hydroxyl groups is 1. The monoisotopic (exact) mass is 299 g/mol. The summed E-state index contributed by atoms with van der Waals surface area (Å²) in [6.45, 7) is 9.58. The maximum atomic E-state index is 9.99. The molecule has 0 saturated heterocycles. The Bertz CT molecular complexity index is 340. The summed E-state index contributed by atoms with van der Waals surface area (Å²) in [5, 5.41) is 15.5. The highest BCUT2D eigenvalue weighted by Gasteiger charge is 2.13. The van der Waals surface area contributed by atoms with E-state index in [0.29, 0.717) is 25.1 Å². The van der Waals surface area contributed by atoms with Gasteiger partial charge in [-0.2, -0.15) is 0 Å². The summed E-state index contributed by atoms with van der Waals surface area (Å²) in [6, 6.07) is 4.54. The van der Waals surface area contributed by atoms with Gasteiger partial charge in [-0.1, -0.05) is 26.8 Å². The first-order chi connectivity index (χ1) is 9.52. The second kappa shape index (κ2) is 9.50. The van der Waals surface area contributed by atoms with Crippen LogP contribution in [0.5, 0.6) is 0 Å². The summed E-state index contributed by atoms with van der Waals surface area (Å²) in [5.74, 6) is 0.628. The first-order valence-corrected chi connectivity index (χ1v) is 8.47. The van der Waals surface area contributed by atoms with E-state index in [1.807, 2.05) is 0 Å². The van der Waals surface area contributed by atoms with Crippen molar-refractivity contribution in [3.05, 3.63) is 22.4 Å². The van der Waals surface area contributed by atoms with Gasteiger partial charge in [0, 0.05) is 17.5 Å². The standard InChI is InChI=1S/C16H29NO2S/c1-5-15(16-7-6-8-20-16)17-10-14(18)11-19-13(4)9-12(2)3/h6-8,12-15,17-18H,5,9-11H2,1-4H3. The van der Waals surface area contributed by atoms with Gasteiger partial charge in [0.1, 0.15) is 0 Å². The SMILES string of the molecule is CCC(NCC(O)COC(C)CC(C)C)c1cccs1. The molecule has 3 nitrogen and oxygen atoms in total. The Labute approximate surface area is 127 Å². The van der Waals surface area contributed by atoms with Crippen molar-refractivity contribution in [1.82, 2.24) is 5.32 Å². The van der Waals surface area contributed by atoms with Gasteiger partial charge in [-0.15, -0.1) is 11.3 Å². The lowest BCUT2D eigenvalue weighted by molar-refractivity contribution is -0.00930. The first kappa shape index (κ1) is 17.6. The van der Waals surface area contributed by atoms with E-state index in [2.05, 4.69) is 50.5 Å². The van der Waals surface area contributed by atoms with Crippen molar-refractivity contribution in [3.8, 4) is 0 Å². The van der Waals surface area contributed by atoms with Crippen LogP contribution in [0.15, 0.2) is 17.5 Å². The minimum atomic E-state index is -0.446. The Morgan fingerprint density at radius 1 is 1.35 bits per heavy atom. The maximum Gasteiger partial charge on any atom is 0.0898 e. The normalized spacial score (nSPS) is 16.3. The molecule has 0 aliphatic carbocycles. The van der Waals surface area contributed by atoms with Gasteiger partial charge in [0.25, 0.3) is 0 Å². The van der Waals surface area contributed by atoms with Crippen LogP contribution in [0.3, 0.4) is 0 Å². The van der Waals surface area contributed by atoms with Gasteiger partial charge >= 0.3 is 0 Å². The number of hydrogen-bond acceptors (Lipinski definition) is 4. The highest BCUT2D eigenvalue weighted by atomic mass is 32.1. The highest BCUT2D eigenvalue weighted by Crippen LogP contribution is 2.21. The third-order valence-corrected chi connectivity index (χ3v) is 4.26. The maximum absolute atomic E-state index is 9.99. The van der Waals surface area contributed by atoms with Crippen LogP contribution in [-0.4, -0.2) is 30.5 Å². The zero-order valence-electron chi connectivity index (χ0n) is 13.1. The van der Waals surface area contributed by atoms with Crippen LogP contribution in [0.2, 0.25) is 0 Å². The summed E-state index contributed by atoms with van der Waals surface area (Å²) in [6.07, 6.45) is 1.83. The molecular formula is C16H29NO2S. The molecule has 0 aliphatic heterocycles. The molecule has 0 saturated carbocycles. The summed E-state index contributed by atoms with van der Waals surface area (Å²) in [7, 11) is 0. The van der Waals surface area contributed by atoms with Crippen LogP contribution in [0, 0.1) is 5.92 Å². The molecule has 4 heteroatoms. The summed E-state index contributed by atoms with van der Waals surface area (Å²) in [5.41, 5.74) is 0. The van der Waals surface area contributed by atoms with E-state index < -0.39 is 6.10 Å². The largest absolute Gasteiger partial charge is 0.389 e. The van der Waals surface area contributed by atoms with Gasteiger partial charge in [-0.3, -0.25) is 0 Å². The molecule has 0 spiro atoms. The smallest absolute Gasteiger partial charge is 0.0898 e. The van der Waals surface area contributed by atoms with Crippen LogP contribution >= 0.6 is 11.3 Å². The van der Waals surface area contributed by atoms with Crippen molar-refractivity contribution in [2.75, 3.05) is 13.2 Å². The van der Waals surface area contributed by atoms with Gasteiger partial charge in [0.15, 0.2) is 0 Å². The van der Waals surface area contributed by atoms with E-state index in [9.17, 15) is 5.11 Å². The second-order valence-corrected chi connectivity index (χ2v) is 6.79. The lowest BCUT2D eigenvalue weighted by Gasteiger charge is -2.21. The van der Waals surface area contributed by atoms with Gasteiger partial charge in [0.2, 0.25) is 0 Å². The predicted molar refractivity (Wildman–Crippen MR) is 86.2 cm³/mol. The number of thiophene rings is 1. The molecule has 1 aromatic rings. The molecule has 0 radical (unpaired) electrons. The number of aliphatic hydroxyl groups excluding tert-OH is 1. The van der Waals surface area contributed by atoms with Crippen LogP contribution in [-0.2, 0) is 4.74 Å². The molecule has 0 amide bonds. The molecule has 0 aliphatic rings. The molecule has 3 atom stereocenters. The minimum Gasteiger partial charge on any atom is -0.389 e. The van der Waals surface area contributed by atoms with Crippen molar-refractivity contribution in [2.45, 2.75) is 58.8 Å². The van der Waals surface area contributed by atoms with E-state index in [-0.39, 0.29) is 6.10 Å². The number of rotatable bonds is 10. The Hall–Kier alpha value is -0.420. The average molecular weight is 299 g/mol. The van der Waals surface area contributed by atoms with E-state index in [1.165, 1.54) is 4.88 Å². The minimum absolute atomic E-state index is 0.212. The molecule has 2 N–H and O–H groups in total. The van der Waals surface area contributed by atoms with Crippen molar-refractivity contribution >= 4 is 11.3 Å². The van der Waals surface area contributed by atoms with E-state index in [0.717, 1.165) is 12.8 Å². The predicted octanol–water partition coefficient (Wildman–Crippen LogP) is 3.60. The average Bonchev–Trinajstić information content (AvgIpc) is 2.90. The van der Waals surface area contributed by atoms with E-state index in [1.54, 1.807) is 11.3 Å². The zero-order chi connectivity index (χ0) is 15.0. The fraction of sp³-hybridized carbons (Fsp3) is 0.750. The Morgan fingerprint density at radius 3 is 2.65 bits per heavy atom. The van der Waals surface area contributed by atoms with Crippen LogP contribution in [0.25, 0.3) is 0 Å². The van der Waals surface area contributed by atoms with Gasteiger partial charge in [0.05, 0.1) is 18.8 Å². The molecule has 0 aromatic carbocycles. The number of hydrogen-bond donors (Lipinski definition) is 2. The van der Waals surface area contributed by atoms with E-state index >= 15 is 0 Å². The van der Waals surface area contributed by atoms with Crippen molar-refractivity contribution in [3.63, 3.8) is 0 Å². The van der Waals surface area contributed by atoms with Crippen LogP contribution in [0.4, 0.5) is 0 Å². The summed E-state index contributed by atoms with van der Waals surface area (Å²) in [4.78, 5) is 1.33. The fourth-order valence-electron chi connectivity index (χ4n) is 2.28. The first-order valence-electron chi connectivity index (χ1n) is 7.59. The topological polar surface area (TPSA) is 41.5 Å². The molecule has 0 fully saturated rings. The third-order valence-electron chi connectivity index (χ3n) is 3.27. The van der Waals surface area contributed by atoms with Crippen LogP contribution in [0.1, 0.15) is 51.5 Å².